The molecule has 1 aromatic heterocycles. The number of nitrogens with zero attached hydrogens (tertiary/aromatic N) is 3. The Kier molecular flexibility index (Phi) is 8.14. The van der Waals surface area contributed by atoms with Crippen LogP contribution in [-0.4, -0.2) is 79.6 Å². The highest BCUT2D eigenvalue weighted by molar-refractivity contribution is 6.76. The van der Waals surface area contributed by atoms with Crippen LogP contribution < -0.4 is 5.32 Å². The number of rotatable bonds is 7. The molecule has 1 aliphatic rings. The first-order valence-electron chi connectivity index (χ1n) is 11.1. The molecule has 0 unspecified atom stereocenters. The van der Waals surface area contributed by atoms with Crippen LogP contribution in [0.25, 0.3) is 11.1 Å². The number of carbonyl (C=O) groups is 3. The summed E-state index contributed by atoms with van der Waals surface area (Å²) in [5, 5.41) is 3.35. The Bertz CT molecular complexity index is 1020. The van der Waals surface area contributed by atoms with Gasteiger partial charge in [-0.25, -0.2) is 9.78 Å². The first-order chi connectivity index (χ1) is 15.6. The van der Waals surface area contributed by atoms with E-state index in [-0.39, 0.29) is 18.5 Å². The van der Waals surface area contributed by atoms with Crippen molar-refractivity contribution >= 4 is 48.6 Å². The van der Waals surface area contributed by atoms with Crippen LogP contribution in [0.5, 0.6) is 0 Å². The van der Waals surface area contributed by atoms with Crippen LogP contribution in [0.4, 0.5) is 4.79 Å². The number of oxazole rings is 1. The zero-order valence-corrected chi connectivity index (χ0v) is 21.3. The van der Waals surface area contributed by atoms with Gasteiger partial charge in [0.25, 0.3) is 11.8 Å². The van der Waals surface area contributed by atoms with E-state index >= 15 is 0 Å². The number of halogens is 1. The fourth-order valence-corrected chi connectivity index (χ4v) is 5.32. The largest absolute Gasteiger partial charge is 0.432 e. The highest BCUT2D eigenvalue weighted by atomic mass is 35.5. The lowest BCUT2D eigenvalue weighted by atomic mass is 10.2. The first kappa shape index (κ1) is 25.2. The SMILES string of the molecule is CCCN(C(=O)c1nc2cc(Cl)ccc2o1)C(=O)[C@H](C[Si](C)(C)C)NC(=O)N1CCOCC1. The molecule has 1 aromatic carbocycles. The van der Waals surface area contributed by atoms with Crippen molar-refractivity contribution in [2.75, 3.05) is 32.8 Å². The minimum absolute atomic E-state index is 0.180. The second kappa shape index (κ2) is 10.7. The van der Waals surface area contributed by atoms with E-state index in [9.17, 15) is 14.4 Å². The van der Waals surface area contributed by atoms with Crippen LogP contribution in [-0.2, 0) is 9.53 Å². The summed E-state index contributed by atoms with van der Waals surface area (Å²) in [5.41, 5.74) is 0.847. The minimum atomic E-state index is -1.79. The average Bonchev–Trinajstić information content (AvgIpc) is 3.19. The van der Waals surface area contributed by atoms with Crippen LogP contribution in [0.3, 0.4) is 0 Å². The van der Waals surface area contributed by atoms with Gasteiger partial charge in [0.05, 0.1) is 13.2 Å². The summed E-state index contributed by atoms with van der Waals surface area (Å²) in [7, 11) is -1.79. The highest BCUT2D eigenvalue weighted by Crippen LogP contribution is 2.22. The van der Waals surface area contributed by atoms with Gasteiger partial charge in [-0.15, -0.1) is 0 Å². The first-order valence-corrected chi connectivity index (χ1v) is 15.2. The predicted molar refractivity (Wildman–Crippen MR) is 128 cm³/mol. The molecule has 3 rings (SSSR count). The molecule has 1 fully saturated rings. The number of benzene rings is 1. The number of ether oxygens (including phenoxy) is 1. The Morgan fingerprint density at radius 3 is 2.58 bits per heavy atom. The average molecular weight is 495 g/mol. The normalized spacial score (nSPS) is 15.4. The van der Waals surface area contributed by atoms with E-state index in [4.69, 9.17) is 20.8 Å². The van der Waals surface area contributed by atoms with Crippen LogP contribution in [0.15, 0.2) is 22.6 Å². The van der Waals surface area contributed by atoms with Crippen LogP contribution in [0.1, 0.15) is 24.0 Å². The molecule has 33 heavy (non-hydrogen) atoms. The maximum Gasteiger partial charge on any atom is 0.318 e. The lowest BCUT2D eigenvalue weighted by molar-refractivity contribution is -0.130. The Balaban J connectivity index is 1.85. The maximum atomic E-state index is 13.6. The highest BCUT2D eigenvalue weighted by Gasteiger charge is 2.36. The summed E-state index contributed by atoms with van der Waals surface area (Å²) < 4.78 is 10.9. The number of imide groups is 1. The van der Waals surface area contributed by atoms with Crippen LogP contribution in [0, 0.1) is 0 Å². The number of morpholine rings is 1. The zero-order chi connectivity index (χ0) is 24.2. The second-order valence-corrected chi connectivity index (χ2v) is 15.3. The van der Waals surface area contributed by atoms with Crippen molar-refractivity contribution in [1.29, 1.82) is 0 Å². The summed E-state index contributed by atoms with van der Waals surface area (Å²) in [6.07, 6.45) is 0.556. The quantitative estimate of drug-likeness (QED) is 0.589. The van der Waals surface area contributed by atoms with Crippen molar-refractivity contribution in [3.05, 3.63) is 29.1 Å². The summed E-state index contributed by atoms with van der Waals surface area (Å²) in [4.78, 5) is 46.7. The minimum Gasteiger partial charge on any atom is -0.432 e. The van der Waals surface area contributed by atoms with Gasteiger partial charge < -0.3 is 19.4 Å². The topological polar surface area (TPSA) is 105 Å². The van der Waals surface area contributed by atoms with Gasteiger partial charge in [-0.1, -0.05) is 38.2 Å². The molecular formula is C22H31ClN4O5Si. The Morgan fingerprint density at radius 1 is 1.24 bits per heavy atom. The molecule has 0 spiro atoms. The predicted octanol–water partition coefficient (Wildman–Crippen LogP) is 3.61. The molecule has 1 saturated heterocycles. The number of aromatic nitrogens is 1. The molecular weight excluding hydrogens is 464 g/mol. The van der Waals surface area contributed by atoms with Gasteiger partial charge in [0.1, 0.15) is 11.6 Å². The molecule has 1 aliphatic heterocycles. The molecule has 0 radical (unpaired) electrons. The van der Waals surface area contributed by atoms with Gasteiger partial charge in [0.15, 0.2) is 5.58 Å². The molecule has 9 nitrogen and oxygen atoms in total. The molecule has 180 valence electrons. The van der Waals surface area contributed by atoms with Crippen LogP contribution in [0.2, 0.25) is 30.7 Å². The number of carbonyl (C=O) groups excluding carboxylic acids is 3. The second-order valence-electron chi connectivity index (χ2n) is 9.29. The molecule has 2 aromatic rings. The summed E-state index contributed by atoms with van der Waals surface area (Å²) >= 11 is 6.01. The Hall–Kier alpha value is -2.43. The molecule has 1 N–H and O–H groups in total. The molecule has 0 saturated carbocycles. The number of fused-ring (bicyclic) bond motifs is 1. The van der Waals surface area contributed by atoms with Crippen molar-refractivity contribution in [3.63, 3.8) is 0 Å². The third-order valence-electron chi connectivity index (χ3n) is 5.20. The third kappa shape index (κ3) is 6.55. The fourth-order valence-electron chi connectivity index (χ4n) is 3.65. The van der Waals surface area contributed by atoms with Gasteiger partial charge in [0, 0.05) is 32.7 Å². The summed E-state index contributed by atoms with van der Waals surface area (Å²) in [6.45, 7) is 10.3. The number of urea groups is 1. The van der Waals surface area contributed by atoms with E-state index in [2.05, 4.69) is 29.9 Å². The summed E-state index contributed by atoms with van der Waals surface area (Å²) in [5.74, 6) is -1.26. The molecule has 11 heteroatoms. The number of amides is 4. The van der Waals surface area contributed by atoms with E-state index in [1.165, 1.54) is 0 Å². The van der Waals surface area contributed by atoms with E-state index in [1.54, 1.807) is 23.1 Å². The van der Waals surface area contributed by atoms with Gasteiger partial charge in [-0.05, 0) is 30.7 Å². The van der Waals surface area contributed by atoms with Gasteiger partial charge in [-0.2, -0.15) is 0 Å². The third-order valence-corrected chi connectivity index (χ3v) is 7.07. The monoisotopic (exact) mass is 494 g/mol. The van der Waals surface area contributed by atoms with E-state index in [0.29, 0.717) is 54.9 Å². The standard InChI is InChI=1S/C22H31ClN4O5Si/c1-5-8-27(21(29)19-24-16-13-15(23)6-7-18(16)32-19)20(28)17(14-33(2,3)4)25-22(30)26-9-11-31-12-10-26/h6-7,13,17H,5,8-12,14H2,1-4H3,(H,25,30)/t17-/m0/s1. The van der Waals surface area contributed by atoms with Crippen molar-refractivity contribution in [1.82, 2.24) is 20.1 Å². The molecule has 0 aliphatic carbocycles. The lowest BCUT2D eigenvalue weighted by Crippen LogP contribution is -2.56. The van der Waals surface area contributed by atoms with Gasteiger partial charge in [-0.3, -0.25) is 14.5 Å². The Morgan fingerprint density at radius 2 is 1.94 bits per heavy atom. The fraction of sp³-hybridized carbons (Fsp3) is 0.545. The van der Waals surface area contributed by atoms with Gasteiger partial charge >= 0.3 is 11.9 Å². The molecule has 1 atom stereocenters. The van der Waals surface area contributed by atoms with Crippen molar-refractivity contribution in [2.24, 2.45) is 0 Å². The van der Waals surface area contributed by atoms with Crippen molar-refractivity contribution in [2.45, 2.75) is 45.1 Å². The zero-order valence-electron chi connectivity index (χ0n) is 19.5. The van der Waals surface area contributed by atoms with Crippen LogP contribution >= 0.6 is 11.6 Å². The maximum absolute atomic E-state index is 13.6. The molecule has 2 heterocycles. The Labute approximate surface area is 199 Å². The number of nitrogens with one attached hydrogen (secondary N) is 1. The van der Waals surface area contributed by atoms with Gasteiger partial charge in [0.2, 0.25) is 0 Å². The lowest BCUT2D eigenvalue weighted by Gasteiger charge is -2.32. The van der Waals surface area contributed by atoms with E-state index in [1.807, 2.05) is 6.92 Å². The summed E-state index contributed by atoms with van der Waals surface area (Å²) in [6, 6.07) is 4.22. The van der Waals surface area contributed by atoms with E-state index in [0.717, 1.165) is 4.90 Å². The number of hydrogen-bond donors (Lipinski definition) is 1. The smallest absolute Gasteiger partial charge is 0.318 e. The molecule has 4 amide bonds. The van der Waals surface area contributed by atoms with Crippen molar-refractivity contribution < 1.29 is 23.5 Å². The number of hydrogen-bond acceptors (Lipinski definition) is 6. The van der Waals surface area contributed by atoms with E-state index < -0.39 is 25.9 Å². The van der Waals surface area contributed by atoms with Crippen molar-refractivity contribution in [3.8, 4) is 0 Å². The molecule has 0 bridgehead atoms.